The van der Waals surface area contributed by atoms with Crippen molar-refractivity contribution in [3.63, 3.8) is 0 Å². The fourth-order valence-electron chi connectivity index (χ4n) is 3.54. The molecule has 0 heterocycles. The summed E-state index contributed by atoms with van der Waals surface area (Å²) in [5.41, 5.74) is 7.12. The number of benzene rings is 1. The fraction of sp³-hybridized carbons (Fsp3) is 0.600. The average molecular weight is 477 g/mol. The van der Waals surface area contributed by atoms with Gasteiger partial charge in [0.2, 0.25) is 17.7 Å². The Hall–Kier alpha value is -3.10. The quantitative estimate of drug-likeness (QED) is 0.478. The van der Waals surface area contributed by atoms with Crippen LogP contribution in [0.2, 0.25) is 0 Å². The number of rotatable bonds is 10. The molecule has 1 aromatic rings. The third-order valence-electron chi connectivity index (χ3n) is 5.07. The Morgan fingerprint density at radius 1 is 1.09 bits per heavy atom. The van der Waals surface area contributed by atoms with Gasteiger partial charge in [-0.3, -0.25) is 14.4 Å². The molecule has 0 radical (unpaired) electrons. The first-order valence-corrected chi connectivity index (χ1v) is 11.6. The van der Waals surface area contributed by atoms with E-state index < -0.39 is 42.0 Å². The molecule has 4 N–H and O–H groups in total. The lowest BCUT2D eigenvalue weighted by Crippen LogP contribution is -2.54. The maximum Gasteiger partial charge on any atom is 0.408 e. The molecular formula is C25H40N4O5. The molecule has 0 saturated carbocycles. The first kappa shape index (κ1) is 28.9. The number of nitrogens with zero attached hydrogens (tertiary/aromatic N) is 1. The van der Waals surface area contributed by atoms with Crippen molar-refractivity contribution in [2.45, 2.75) is 92.0 Å². The van der Waals surface area contributed by atoms with Crippen LogP contribution in [0.15, 0.2) is 18.2 Å². The van der Waals surface area contributed by atoms with Gasteiger partial charge < -0.3 is 26.0 Å². The summed E-state index contributed by atoms with van der Waals surface area (Å²) in [5, 5.41) is 5.37. The van der Waals surface area contributed by atoms with Crippen LogP contribution in [-0.4, -0.2) is 52.9 Å². The number of aryl methyl sites for hydroxylation is 1. The molecule has 0 spiro atoms. The Morgan fingerprint density at radius 3 is 2.21 bits per heavy atom. The van der Waals surface area contributed by atoms with Gasteiger partial charge in [0, 0.05) is 12.6 Å². The molecule has 1 rings (SSSR count). The van der Waals surface area contributed by atoms with Gasteiger partial charge in [0.1, 0.15) is 17.7 Å². The molecule has 0 bridgehead atoms. The summed E-state index contributed by atoms with van der Waals surface area (Å²) in [6.07, 6.45) is -0.722. The zero-order chi connectivity index (χ0) is 26.2. The average Bonchev–Trinajstić information content (AvgIpc) is 2.67. The molecule has 9 heteroatoms. The second-order valence-electron chi connectivity index (χ2n) is 9.76. The van der Waals surface area contributed by atoms with Crippen LogP contribution in [0.1, 0.15) is 77.1 Å². The third kappa shape index (κ3) is 8.68. The van der Waals surface area contributed by atoms with Crippen LogP contribution in [0, 0.1) is 13.8 Å². The van der Waals surface area contributed by atoms with Crippen molar-refractivity contribution >= 4 is 23.8 Å². The molecule has 1 aromatic carbocycles. The van der Waals surface area contributed by atoms with Crippen molar-refractivity contribution < 1.29 is 23.9 Å². The van der Waals surface area contributed by atoms with E-state index in [0.717, 1.165) is 11.1 Å². The molecule has 4 amide bonds. The van der Waals surface area contributed by atoms with Crippen LogP contribution >= 0.6 is 0 Å². The van der Waals surface area contributed by atoms with Gasteiger partial charge in [0.05, 0.1) is 6.42 Å². The van der Waals surface area contributed by atoms with E-state index in [1.165, 1.54) is 4.90 Å². The van der Waals surface area contributed by atoms with Gasteiger partial charge in [-0.15, -0.1) is 0 Å². The second-order valence-corrected chi connectivity index (χ2v) is 9.76. The van der Waals surface area contributed by atoms with E-state index in [1.807, 2.05) is 52.8 Å². The van der Waals surface area contributed by atoms with Gasteiger partial charge in [-0.1, -0.05) is 25.1 Å². The predicted octanol–water partition coefficient (Wildman–Crippen LogP) is 2.88. The Bertz CT molecular complexity index is 892. The van der Waals surface area contributed by atoms with Gasteiger partial charge in [0.15, 0.2) is 0 Å². The number of carbonyl (C=O) groups excluding carboxylic acids is 4. The Kier molecular flexibility index (Phi) is 10.5. The molecular weight excluding hydrogens is 436 g/mol. The molecule has 0 saturated heterocycles. The third-order valence-corrected chi connectivity index (χ3v) is 5.07. The highest BCUT2D eigenvalue weighted by Gasteiger charge is 2.37. The lowest BCUT2D eigenvalue weighted by atomic mass is 9.94. The predicted molar refractivity (Wildman–Crippen MR) is 131 cm³/mol. The van der Waals surface area contributed by atoms with Crippen LogP contribution in [0.3, 0.4) is 0 Å². The summed E-state index contributed by atoms with van der Waals surface area (Å²) in [5.74, 6) is -1.70. The summed E-state index contributed by atoms with van der Waals surface area (Å²) in [6, 6.07) is 3.20. The molecule has 9 nitrogen and oxygen atoms in total. The largest absolute Gasteiger partial charge is 0.444 e. The van der Waals surface area contributed by atoms with Crippen molar-refractivity contribution in [1.82, 2.24) is 15.5 Å². The van der Waals surface area contributed by atoms with Gasteiger partial charge in [-0.25, -0.2) is 4.79 Å². The van der Waals surface area contributed by atoms with Gasteiger partial charge in [0.25, 0.3) is 0 Å². The number of carbonyl (C=O) groups is 4. The standard InChI is InChI=1S/C25H40N4O5/c1-9-13-29(23(32)19(14-20(26)30)28-24(33)34-25(6,7)8)21(22(31)27-15(2)3)18-12-10-11-16(4)17(18)5/h10-12,15,19,21H,9,13-14H2,1-8H3,(H2,26,30)(H,27,31)(H,28,33). The normalized spacial score (nSPS) is 13.1. The number of primary amides is 1. The van der Waals surface area contributed by atoms with E-state index in [-0.39, 0.29) is 18.5 Å². The van der Waals surface area contributed by atoms with Crippen LogP contribution < -0.4 is 16.4 Å². The summed E-state index contributed by atoms with van der Waals surface area (Å²) in [6.45, 7) is 14.7. The number of nitrogens with two attached hydrogens (primary N) is 1. The van der Waals surface area contributed by atoms with Crippen LogP contribution in [-0.2, 0) is 19.1 Å². The Labute approximate surface area is 202 Å². The number of amides is 4. The lowest BCUT2D eigenvalue weighted by Gasteiger charge is -2.35. The molecule has 0 aliphatic rings. The zero-order valence-electron chi connectivity index (χ0n) is 21.7. The van der Waals surface area contributed by atoms with Crippen LogP contribution in [0.25, 0.3) is 0 Å². The number of hydrogen-bond donors (Lipinski definition) is 3. The first-order chi connectivity index (χ1) is 15.7. The highest BCUT2D eigenvalue weighted by molar-refractivity contribution is 5.94. The smallest absolute Gasteiger partial charge is 0.408 e. The summed E-state index contributed by atoms with van der Waals surface area (Å²) >= 11 is 0. The van der Waals surface area contributed by atoms with Gasteiger partial charge in [-0.05, 0) is 71.6 Å². The Balaban J connectivity index is 3.51. The lowest BCUT2D eigenvalue weighted by molar-refractivity contribution is -0.143. The minimum Gasteiger partial charge on any atom is -0.444 e. The minimum absolute atomic E-state index is 0.153. The summed E-state index contributed by atoms with van der Waals surface area (Å²) < 4.78 is 5.27. The van der Waals surface area contributed by atoms with E-state index in [4.69, 9.17) is 10.5 Å². The van der Waals surface area contributed by atoms with Crippen molar-refractivity contribution in [2.75, 3.05) is 6.54 Å². The van der Waals surface area contributed by atoms with E-state index >= 15 is 0 Å². The molecule has 0 aromatic heterocycles. The number of alkyl carbamates (subject to hydrolysis) is 1. The van der Waals surface area contributed by atoms with Crippen LogP contribution in [0.5, 0.6) is 0 Å². The van der Waals surface area contributed by atoms with Crippen LogP contribution in [0.4, 0.5) is 4.79 Å². The van der Waals surface area contributed by atoms with E-state index in [1.54, 1.807) is 20.8 Å². The summed E-state index contributed by atoms with van der Waals surface area (Å²) in [7, 11) is 0. The van der Waals surface area contributed by atoms with Crippen molar-refractivity contribution in [3.05, 3.63) is 34.9 Å². The van der Waals surface area contributed by atoms with E-state index in [9.17, 15) is 19.2 Å². The van der Waals surface area contributed by atoms with E-state index in [0.29, 0.717) is 12.0 Å². The highest BCUT2D eigenvalue weighted by atomic mass is 16.6. The second kappa shape index (κ2) is 12.4. The monoisotopic (exact) mass is 476 g/mol. The number of ether oxygens (including phenoxy) is 1. The molecule has 2 atom stereocenters. The minimum atomic E-state index is -1.28. The van der Waals surface area contributed by atoms with Crippen molar-refractivity contribution in [3.8, 4) is 0 Å². The molecule has 34 heavy (non-hydrogen) atoms. The SMILES string of the molecule is CCCN(C(=O)C(CC(N)=O)NC(=O)OC(C)(C)C)C(C(=O)NC(C)C)c1cccc(C)c1C. The van der Waals surface area contributed by atoms with E-state index in [2.05, 4.69) is 10.6 Å². The first-order valence-electron chi connectivity index (χ1n) is 11.6. The maximum atomic E-state index is 13.7. The van der Waals surface area contributed by atoms with Gasteiger partial charge >= 0.3 is 6.09 Å². The fourth-order valence-corrected chi connectivity index (χ4v) is 3.54. The number of nitrogens with one attached hydrogen (secondary N) is 2. The van der Waals surface area contributed by atoms with Crippen molar-refractivity contribution in [1.29, 1.82) is 0 Å². The maximum absolute atomic E-state index is 13.7. The molecule has 0 aliphatic heterocycles. The zero-order valence-corrected chi connectivity index (χ0v) is 21.7. The molecule has 190 valence electrons. The highest BCUT2D eigenvalue weighted by Crippen LogP contribution is 2.28. The topological polar surface area (TPSA) is 131 Å². The van der Waals surface area contributed by atoms with Gasteiger partial charge in [-0.2, -0.15) is 0 Å². The molecule has 0 aliphatic carbocycles. The summed E-state index contributed by atoms with van der Waals surface area (Å²) in [4.78, 5) is 52.7. The number of hydrogen-bond acceptors (Lipinski definition) is 5. The Morgan fingerprint density at radius 2 is 1.71 bits per heavy atom. The molecule has 2 unspecified atom stereocenters. The molecule has 0 fully saturated rings. The van der Waals surface area contributed by atoms with Crippen molar-refractivity contribution in [2.24, 2.45) is 5.73 Å².